The van der Waals surface area contributed by atoms with Crippen LogP contribution in [-0.4, -0.2) is 45.5 Å². The predicted octanol–water partition coefficient (Wildman–Crippen LogP) is 3.04. The molecule has 7 nitrogen and oxygen atoms in total. The molecule has 0 saturated heterocycles. The highest BCUT2D eigenvalue weighted by atomic mass is 16.5. The monoisotopic (exact) mass is 380 g/mol. The first-order valence-corrected chi connectivity index (χ1v) is 9.56. The third-order valence-corrected chi connectivity index (χ3v) is 4.96. The number of fused-ring (bicyclic) bond motifs is 1. The molecule has 3 rings (SSSR count). The molecule has 1 aliphatic heterocycles. The van der Waals surface area contributed by atoms with Gasteiger partial charge in [0.15, 0.2) is 0 Å². The quantitative estimate of drug-likeness (QED) is 0.473. The van der Waals surface area contributed by atoms with Gasteiger partial charge in [-0.05, 0) is 57.4 Å². The summed E-state index contributed by atoms with van der Waals surface area (Å²) in [7, 11) is 0. The Balaban J connectivity index is 1.73. The van der Waals surface area contributed by atoms with E-state index in [1.807, 2.05) is 38.2 Å². The number of pyridine rings is 2. The number of hydrazone groups is 1. The summed E-state index contributed by atoms with van der Waals surface area (Å²) in [5.74, 6) is 6.06. The van der Waals surface area contributed by atoms with E-state index in [2.05, 4.69) is 38.8 Å². The van der Waals surface area contributed by atoms with Crippen molar-refractivity contribution in [3.63, 3.8) is 0 Å². The maximum atomic E-state index is 5.92. The van der Waals surface area contributed by atoms with E-state index in [1.54, 1.807) is 6.20 Å². The lowest BCUT2D eigenvalue weighted by molar-refractivity contribution is 0.202. The van der Waals surface area contributed by atoms with Gasteiger partial charge in [0.1, 0.15) is 12.3 Å². The van der Waals surface area contributed by atoms with Crippen molar-refractivity contribution in [1.29, 1.82) is 0 Å². The molecule has 7 heteroatoms. The van der Waals surface area contributed by atoms with Gasteiger partial charge in [0.25, 0.3) is 0 Å². The van der Waals surface area contributed by atoms with Crippen molar-refractivity contribution >= 4 is 17.1 Å². The zero-order valence-corrected chi connectivity index (χ0v) is 17.0. The van der Waals surface area contributed by atoms with E-state index >= 15 is 0 Å². The summed E-state index contributed by atoms with van der Waals surface area (Å²) in [5.41, 5.74) is 5.51. The van der Waals surface area contributed by atoms with Gasteiger partial charge in [-0.1, -0.05) is 0 Å². The average Bonchev–Trinajstić information content (AvgIpc) is 2.71. The summed E-state index contributed by atoms with van der Waals surface area (Å²) in [6.45, 7) is 10.4. The Morgan fingerprint density at radius 3 is 2.75 bits per heavy atom. The van der Waals surface area contributed by atoms with Gasteiger partial charge in [0.05, 0.1) is 17.6 Å². The Bertz CT molecular complexity index is 873. The number of nitrogens with two attached hydrogens (primary N) is 1. The second kappa shape index (κ2) is 8.93. The molecule has 2 aromatic rings. The number of hydrogen-bond donors (Lipinski definition) is 1. The molecule has 3 heterocycles. The molecule has 0 unspecified atom stereocenters. The van der Waals surface area contributed by atoms with Crippen LogP contribution < -0.4 is 10.6 Å². The van der Waals surface area contributed by atoms with E-state index in [9.17, 15) is 0 Å². The largest absolute Gasteiger partial charge is 0.471 e. The highest BCUT2D eigenvalue weighted by molar-refractivity contribution is 6.42. The van der Waals surface area contributed by atoms with Crippen molar-refractivity contribution in [1.82, 2.24) is 14.9 Å². The van der Waals surface area contributed by atoms with E-state index in [-0.39, 0.29) is 6.61 Å². The Hall–Kier alpha value is -2.80. The van der Waals surface area contributed by atoms with Gasteiger partial charge in [0.2, 0.25) is 5.88 Å². The molecule has 0 aliphatic carbocycles. The van der Waals surface area contributed by atoms with E-state index in [0.29, 0.717) is 23.3 Å². The maximum absolute atomic E-state index is 5.92. The first-order chi connectivity index (χ1) is 13.5. The van der Waals surface area contributed by atoms with Gasteiger partial charge in [-0.15, -0.1) is 0 Å². The standard InChI is InChI=1S/C21H28N6O/c1-14(2)27-8-7-17-9-21(24-10-18(17)12-27)28-13-20(16(4)26-22)25-19-6-5-15(3)23-11-19/h5-6,9-11,14H,7-8,12-13,22H2,1-4H3/b25-20?,26-16-. The fourth-order valence-corrected chi connectivity index (χ4v) is 3.08. The summed E-state index contributed by atoms with van der Waals surface area (Å²) in [5, 5.41) is 3.77. The van der Waals surface area contributed by atoms with E-state index < -0.39 is 0 Å². The summed E-state index contributed by atoms with van der Waals surface area (Å²) in [6.07, 6.45) is 4.65. The van der Waals surface area contributed by atoms with Crippen LogP contribution in [-0.2, 0) is 13.0 Å². The number of ether oxygens (including phenoxy) is 1. The zero-order chi connectivity index (χ0) is 20.1. The highest BCUT2D eigenvalue weighted by Gasteiger charge is 2.19. The van der Waals surface area contributed by atoms with Crippen molar-refractivity contribution in [2.24, 2.45) is 15.9 Å². The number of aliphatic imine (C=N–C) groups is 1. The molecule has 0 atom stereocenters. The minimum Gasteiger partial charge on any atom is -0.471 e. The first-order valence-electron chi connectivity index (χ1n) is 9.56. The van der Waals surface area contributed by atoms with Gasteiger partial charge in [-0.3, -0.25) is 9.88 Å². The van der Waals surface area contributed by atoms with E-state index in [1.165, 1.54) is 11.1 Å². The Kier molecular flexibility index (Phi) is 6.36. The van der Waals surface area contributed by atoms with Gasteiger partial charge in [-0.2, -0.15) is 5.10 Å². The third-order valence-electron chi connectivity index (χ3n) is 4.96. The Morgan fingerprint density at radius 2 is 2.07 bits per heavy atom. The second-order valence-corrected chi connectivity index (χ2v) is 7.32. The van der Waals surface area contributed by atoms with Crippen LogP contribution in [0.2, 0.25) is 0 Å². The topological polar surface area (TPSA) is 89.0 Å². The molecule has 0 fully saturated rings. The smallest absolute Gasteiger partial charge is 0.213 e. The number of rotatable bonds is 6. The van der Waals surface area contributed by atoms with Crippen LogP contribution in [0.1, 0.15) is 37.6 Å². The molecular weight excluding hydrogens is 352 g/mol. The molecule has 0 radical (unpaired) electrons. The Morgan fingerprint density at radius 1 is 1.25 bits per heavy atom. The molecule has 1 aliphatic rings. The van der Waals surface area contributed by atoms with Crippen LogP contribution in [0.4, 0.5) is 5.69 Å². The molecule has 0 saturated carbocycles. The van der Waals surface area contributed by atoms with Crippen LogP contribution in [0.25, 0.3) is 0 Å². The normalized spacial score (nSPS) is 15.6. The first kappa shape index (κ1) is 19.9. The van der Waals surface area contributed by atoms with Crippen molar-refractivity contribution < 1.29 is 4.74 Å². The SMILES string of the molecule is C/C(=N/N)C(COc1cc2c(cn1)CN(C(C)C)CC2)=Nc1ccc(C)nc1. The van der Waals surface area contributed by atoms with Crippen LogP contribution in [0.3, 0.4) is 0 Å². The molecule has 2 aromatic heterocycles. The molecular formula is C21H28N6O. The predicted molar refractivity (Wildman–Crippen MR) is 112 cm³/mol. The van der Waals surface area contributed by atoms with Crippen molar-refractivity contribution in [2.45, 2.75) is 46.7 Å². The van der Waals surface area contributed by atoms with Gasteiger partial charge >= 0.3 is 0 Å². The third kappa shape index (κ3) is 4.92. The number of hydrogen-bond acceptors (Lipinski definition) is 7. The van der Waals surface area contributed by atoms with Crippen LogP contribution in [0.15, 0.2) is 40.7 Å². The van der Waals surface area contributed by atoms with Crippen LogP contribution in [0, 0.1) is 6.92 Å². The fourth-order valence-electron chi connectivity index (χ4n) is 3.08. The molecule has 0 aromatic carbocycles. The van der Waals surface area contributed by atoms with Crippen molar-refractivity contribution in [3.8, 4) is 5.88 Å². The minimum absolute atomic E-state index is 0.240. The zero-order valence-electron chi connectivity index (χ0n) is 17.0. The van der Waals surface area contributed by atoms with E-state index in [0.717, 1.165) is 30.9 Å². The molecule has 0 bridgehead atoms. The molecule has 0 spiro atoms. The number of aromatic nitrogens is 2. The molecule has 2 N–H and O–H groups in total. The summed E-state index contributed by atoms with van der Waals surface area (Å²) >= 11 is 0. The average molecular weight is 380 g/mol. The lowest BCUT2D eigenvalue weighted by Crippen LogP contribution is -2.35. The molecule has 148 valence electrons. The lowest BCUT2D eigenvalue weighted by Gasteiger charge is -2.31. The van der Waals surface area contributed by atoms with Crippen LogP contribution in [0.5, 0.6) is 5.88 Å². The summed E-state index contributed by atoms with van der Waals surface area (Å²) < 4.78 is 5.92. The molecule has 0 amide bonds. The number of nitrogens with zero attached hydrogens (tertiary/aromatic N) is 5. The lowest BCUT2D eigenvalue weighted by atomic mass is 10.0. The number of aryl methyl sites for hydroxylation is 1. The summed E-state index contributed by atoms with van der Waals surface area (Å²) in [6, 6.07) is 6.40. The highest BCUT2D eigenvalue weighted by Crippen LogP contribution is 2.23. The molecule has 28 heavy (non-hydrogen) atoms. The van der Waals surface area contributed by atoms with Gasteiger partial charge in [-0.25, -0.2) is 9.98 Å². The van der Waals surface area contributed by atoms with Gasteiger partial charge in [0, 0.05) is 37.1 Å². The van der Waals surface area contributed by atoms with Crippen LogP contribution >= 0.6 is 0 Å². The minimum atomic E-state index is 0.240. The Labute approximate surface area is 166 Å². The maximum Gasteiger partial charge on any atom is 0.213 e. The van der Waals surface area contributed by atoms with Crippen molar-refractivity contribution in [3.05, 3.63) is 47.4 Å². The van der Waals surface area contributed by atoms with Gasteiger partial charge < -0.3 is 10.6 Å². The van der Waals surface area contributed by atoms with Crippen molar-refractivity contribution in [2.75, 3.05) is 13.2 Å². The van der Waals surface area contributed by atoms with E-state index in [4.69, 9.17) is 10.6 Å². The second-order valence-electron chi connectivity index (χ2n) is 7.32. The summed E-state index contributed by atoms with van der Waals surface area (Å²) in [4.78, 5) is 15.8. The fraction of sp³-hybridized carbons (Fsp3) is 0.429.